The predicted octanol–water partition coefficient (Wildman–Crippen LogP) is 1.66. The number of nitrogens with one attached hydrogen (secondary N) is 2. The number of alkyl halides is 3. The lowest BCUT2D eigenvalue weighted by Gasteiger charge is -2.31. The van der Waals surface area contributed by atoms with E-state index in [4.69, 9.17) is 0 Å². The van der Waals surface area contributed by atoms with Gasteiger partial charge < -0.3 is 10.6 Å². The molecule has 158 valence electrons. The number of nitrogens with zero attached hydrogens (tertiary/aromatic N) is 3. The third-order valence-corrected chi connectivity index (χ3v) is 6.44. The maximum Gasteiger partial charge on any atom is 0.511 e. The Bertz CT molecular complexity index is 775. The summed E-state index contributed by atoms with van der Waals surface area (Å²) in [6.45, 7) is 2.95. The standard InChI is InChI=1S/C17H26F3N5O2S/c1-13-11-22-7-3-15(13)4-8-23-16(21-2)24-12-14-5-9-25(10-6-14)28(26,27)17(18,19)20/h3,7,11,14H,4-6,8-10,12H2,1-2H3,(H2,21,23,24). The number of aliphatic imine (C=N–C) groups is 1. The van der Waals surface area contributed by atoms with Gasteiger partial charge in [0.25, 0.3) is 0 Å². The molecule has 11 heteroatoms. The van der Waals surface area contributed by atoms with Crippen molar-refractivity contribution in [2.75, 3.05) is 33.2 Å². The summed E-state index contributed by atoms with van der Waals surface area (Å²) in [4.78, 5) is 8.20. The molecule has 0 bridgehead atoms. The average Bonchev–Trinajstić information content (AvgIpc) is 2.65. The molecule has 0 unspecified atom stereocenters. The van der Waals surface area contributed by atoms with Gasteiger partial charge in [0.1, 0.15) is 0 Å². The van der Waals surface area contributed by atoms with Gasteiger partial charge in [-0.25, -0.2) is 8.42 Å². The molecule has 1 saturated heterocycles. The van der Waals surface area contributed by atoms with Crippen LogP contribution in [0.3, 0.4) is 0 Å². The van der Waals surface area contributed by atoms with Crippen LogP contribution in [0.5, 0.6) is 0 Å². The van der Waals surface area contributed by atoms with Gasteiger partial charge in [0.05, 0.1) is 0 Å². The molecule has 0 amide bonds. The molecule has 1 aromatic rings. The van der Waals surface area contributed by atoms with Crippen molar-refractivity contribution in [2.45, 2.75) is 31.7 Å². The Morgan fingerprint density at radius 2 is 2.00 bits per heavy atom. The predicted molar refractivity (Wildman–Crippen MR) is 101 cm³/mol. The van der Waals surface area contributed by atoms with E-state index in [1.54, 1.807) is 13.2 Å². The van der Waals surface area contributed by atoms with Crippen molar-refractivity contribution in [3.05, 3.63) is 29.6 Å². The number of guanidine groups is 1. The van der Waals surface area contributed by atoms with Gasteiger partial charge in [0.15, 0.2) is 5.96 Å². The number of sulfonamides is 1. The topological polar surface area (TPSA) is 86.7 Å². The highest BCUT2D eigenvalue weighted by Crippen LogP contribution is 2.30. The molecule has 0 aliphatic carbocycles. The van der Waals surface area contributed by atoms with Crippen LogP contribution >= 0.6 is 0 Å². The second-order valence-corrected chi connectivity index (χ2v) is 8.65. The van der Waals surface area contributed by atoms with E-state index in [1.165, 1.54) is 5.56 Å². The lowest BCUT2D eigenvalue weighted by molar-refractivity contribution is -0.0496. The summed E-state index contributed by atoms with van der Waals surface area (Å²) in [5.74, 6) is 0.692. The van der Waals surface area contributed by atoms with Crippen LogP contribution in [0.2, 0.25) is 0 Å². The van der Waals surface area contributed by atoms with Gasteiger partial charge in [-0.2, -0.15) is 17.5 Å². The van der Waals surface area contributed by atoms with Crippen LogP contribution in [0.4, 0.5) is 13.2 Å². The number of hydrogen-bond acceptors (Lipinski definition) is 4. The zero-order valence-corrected chi connectivity index (χ0v) is 16.8. The van der Waals surface area contributed by atoms with E-state index in [1.807, 2.05) is 19.2 Å². The van der Waals surface area contributed by atoms with E-state index in [2.05, 4.69) is 20.6 Å². The van der Waals surface area contributed by atoms with Crippen molar-refractivity contribution in [1.29, 1.82) is 0 Å². The molecule has 1 fully saturated rings. The molecule has 1 aromatic heterocycles. The molecule has 0 spiro atoms. The first-order chi connectivity index (χ1) is 13.1. The number of hydrogen-bond donors (Lipinski definition) is 2. The summed E-state index contributed by atoms with van der Waals surface area (Å²) < 4.78 is 61.2. The lowest BCUT2D eigenvalue weighted by Crippen LogP contribution is -2.47. The highest BCUT2D eigenvalue weighted by molar-refractivity contribution is 7.90. The Hall–Kier alpha value is -1.88. The van der Waals surface area contributed by atoms with Crippen molar-refractivity contribution < 1.29 is 21.6 Å². The number of piperidine rings is 1. The zero-order chi connectivity index (χ0) is 20.8. The van der Waals surface area contributed by atoms with E-state index in [0.29, 0.717) is 36.2 Å². The van der Waals surface area contributed by atoms with Crippen LogP contribution in [0, 0.1) is 12.8 Å². The Morgan fingerprint density at radius 3 is 2.57 bits per heavy atom. The van der Waals surface area contributed by atoms with Crippen molar-refractivity contribution in [1.82, 2.24) is 19.9 Å². The first-order valence-corrected chi connectivity index (χ1v) is 10.5. The van der Waals surface area contributed by atoms with Crippen molar-refractivity contribution in [3.63, 3.8) is 0 Å². The number of aromatic nitrogens is 1. The van der Waals surface area contributed by atoms with Gasteiger partial charge in [-0.05, 0) is 49.3 Å². The summed E-state index contributed by atoms with van der Waals surface area (Å²) in [5, 5.41) is 6.36. The van der Waals surface area contributed by atoms with Gasteiger partial charge in [0.2, 0.25) is 0 Å². The van der Waals surface area contributed by atoms with Crippen molar-refractivity contribution >= 4 is 16.0 Å². The third-order valence-electron chi connectivity index (χ3n) is 4.81. The van der Waals surface area contributed by atoms with Gasteiger partial charge in [0, 0.05) is 45.6 Å². The van der Waals surface area contributed by atoms with Crippen LogP contribution < -0.4 is 10.6 Å². The Labute approximate surface area is 163 Å². The summed E-state index contributed by atoms with van der Waals surface area (Å²) in [5.41, 5.74) is -2.93. The van der Waals surface area contributed by atoms with Crippen LogP contribution in [0.25, 0.3) is 0 Å². The van der Waals surface area contributed by atoms with Crippen molar-refractivity contribution in [3.8, 4) is 0 Å². The quantitative estimate of drug-likeness (QED) is 0.539. The molecule has 1 aliphatic heterocycles. The first-order valence-electron chi connectivity index (χ1n) is 9.05. The molecule has 0 saturated carbocycles. The molecule has 1 aliphatic rings. The van der Waals surface area contributed by atoms with Crippen LogP contribution in [-0.2, 0) is 16.4 Å². The fraction of sp³-hybridized carbons (Fsp3) is 0.647. The molecular weight excluding hydrogens is 395 g/mol. The average molecular weight is 421 g/mol. The highest BCUT2D eigenvalue weighted by atomic mass is 32.2. The third kappa shape index (κ3) is 5.81. The highest BCUT2D eigenvalue weighted by Gasteiger charge is 2.50. The summed E-state index contributed by atoms with van der Waals surface area (Å²) in [6, 6.07) is 1.97. The largest absolute Gasteiger partial charge is 0.511 e. The SMILES string of the molecule is CN=C(NCCc1ccncc1C)NCC1CCN(S(=O)(=O)C(F)(F)F)CC1. The zero-order valence-electron chi connectivity index (χ0n) is 16.0. The molecule has 2 rings (SSSR count). The summed E-state index contributed by atoms with van der Waals surface area (Å²) in [7, 11) is -3.58. The van der Waals surface area contributed by atoms with Gasteiger partial charge in [-0.1, -0.05) is 0 Å². The van der Waals surface area contributed by atoms with Crippen LogP contribution in [-0.4, -0.2) is 62.4 Å². The minimum atomic E-state index is -5.24. The number of halogens is 3. The smallest absolute Gasteiger partial charge is 0.356 e. The Morgan fingerprint density at radius 1 is 1.32 bits per heavy atom. The number of aryl methyl sites for hydroxylation is 1. The van der Waals surface area contributed by atoms with E-state index in [0.717, 1.165) is 12.0 Å². The van der Waals surface area contributed by atoms with E-state index in [9.17, 15) is 21.6 Å². The van der Waals surface area contributed by atoms with Gasteiger partial charge in [-0.15, -0.1) is 0 Å². The lowest BCUT2D eigenvalue weighted by atomic mass is 9.98. The first kappa shape index (κ1) is 22.4. The molecule has 0 atom stereocenters. The number of rotatable bonds is 6. The maximum absolute atomic E-state index is 12.6. The normalized spacial score (nSPS) is 17.5. The maximum atomic E-state index is 12.6. The molecule has 0 aromatic carbocycles. The molecule has 2 N–H and O–H groups in total. The van der Waals surface area contributed by atoms with E-state index in [-0.39, 0.29) is 19.0 Å². The molecule has 28 heavy (non-hydrogen) atoms. The van der Waals surface area contributed by atoms with E-state index < -0.39 is 15.5 Å². The molecule has 0 radical (unpaired) electrons. The van der Waals surface area contributed by atoms with Gasteiger partial charge in [-0.3, -0.25) is 9.98 Å². The van der Waals surface area contributed by atoms with Gasteiger partial charge >= 0.3 is 15.5 Å². The van der Waals surface area contributed by atoms with Crippen LogP contribution in [0.15, 0.2) is 23.5 Å². The fourth-order valence-corrected chi connectivity index (χ4v) is 4.04. The summed E-state index contributed by atoms with van der Waals surface area (Å²) in [6.07, 6.45) is 5.11. The molecule has 7 nitrogen and oxygen atoms in total. The Kier molecular flexibility index (Phi) is 7.64. The minimum Gasteiger partial charge on any atom is -0.356 e. The number of pyridine rings is 1. The van der Waals surface area contributed by atoms with Crippen LogP contribution in [0.1, 0.15) is 24.0 Å². The second-order valence-electron chi connectivity index (χ2n) is 6.73. The molecular formula is C17H26F3N5O2S. The monoisotopic (exact) mass is 421 g/mol. The second kappa shape index (κ2) is 9.55. The minimum absolute atomic E-state index is 0.0840. The Balaban J connectivity index is 1.74. The summed E-state index contributed by atoms with van der Waals surface area (Å²) >= 11 is 0. The van der Waals surface area contributed by atoms with E-state index >= 15 is 0 Å². The van der Waals surface area contributed by atoms with Crippen molar-refractivity contribution in [2.24, 2.45) is 10.9 Å². The molecule has 2 heterocycles. The fourth-order valence-electron chi connectivity index (χ4n) is 3.06.